The first kappa shape index (κ1) is 11.7. The van der Waals surface area contributed by atoms with Gasteiger partial charge >= 0.3 is 17.1 Å². The first-order valence-corrected chi connectivity index (χ1v) is 2.99. The van der Waals surface area contributed by atoms with Gasteiger partial charge in [0.05, 0.1) is 5.84 Å². The first-order chi connectivity index (χ1) is 3.66. The van der Waals surface area contributed by atoms with E-state index < -0.39 is 0 Å². The summed E-state index contributed by atoms with van der Waals surface area (Å²) in [5, 5.41) is 6.91. The van der Waals surface area contributed by atoms with Crippen molar-refractivity contribution in [3.8, 4) is 0 Å². The molecule has 1 unspecified atom stereocenters. The van der Waals surface area contributed by atoms with Gasteiger partial charge in [-0.25, -0.2) is 0 Å². The summed E-state index contributed by atoms with van der Waals surface area (Å²) in [4.78, 5) is 0. The third-order valence-electron chi connectivity index (χ3n) is 1.27. The Bertz CT molecular complexity index is 83.1. The van der Waals surface area contributed by atoms with Gasteiger partial charge in [-0.3, -0.25) is 5.41 Å². The fourth-order valence-electron chi connectivity index (χ4n) is 0.520. The molecule has 2 nitrogen and oxygen atoms in total. The van der Waals surface area contributed by atoms with Crippen molar-refractivity contribution in [3.63, 3.8) is 0 Å². The van der Waals surface area contributed by atoms with Gasteiger partial charge in [0.15, 0.2) is 0 Å². The predicted molar refractivity (Wildman–Crippen MR) is 36.0 cm³/mol. The minimum Gasteiger partial charge on any atom is -0.388 e. The maximum atomic E-state index is 6.91. The first-order valence-electron chi connectivity index (χ1n) is 2.99. The van der Waals surface area contributed by atoms with E-state index in [1.807, 2.05) is 0 Å². The average molecular weight is 178 g/mol. The molecule has 9 heavy (non-hydrogen) atoms. The van der Waals surface area contributed by atoms with Gasteiger partial charge in [0.25, 0.3) is 0 Å². The van der Waals surface area contributed by atoms with Crippen LogP contribution in [0.25, 0.3) is 0 Å². The molecular weight excluding hydrogens is 164 g/mol. The third-order valence-corrected chi connectivity index (χ3v) is 1.27. The zero-order chi connectivity index (χ0) is 6.57. The van der Waals surface area contributed by atoms with Crippen LogP contribution in [-0.4, -0.2) is 5.84 Å². The topological polar surface area (TPSA) is 49.9 Å². The fraction of sp³-hybridized carbons (Fsp3) is 0.833. The van der Waals surface area contributed by atoms with Crippen molar-refractivity contribution in [2.75, 3.05) is 0 Å². The molecule has 1 atom stereocenters. The summed E-state index contributed by atoms with van der Waals surface area (Å²) in [7, 11) is 0. The van der Waals surface area contributed by atoms with Crippen LogP contribution in [0, 0.1) is 11.3 Å². The van der Waals surface area contributed by atoms with Crippen molar-refractivity contribution in [2.24, 2.45) is 11.7 Å². The molecule has 0 fully saturated rings. The molecule has 58 valence electrons. The summed E-state index contributed by atoms with van der Waals surface area (Å²) in [6.45, 7) is 4.20. The molecule has 0 aliphatic heterocycles. The minimum atomic E-state index is 0. The fourth-order valence-corrected chi connectivity index (χ4v) is 0.520. The molecule has 0 aromatic rings. The van der Waals surface area contributed by atoms with Crippen LogP contribution in [0.1, 0.15) is 26.7 Å². The summed E-state index contributed by atoms with van der Waals surface area (Å²) >= 11 is 0. The van der Waals surface area contributed by atoms with Gasteiger partial charge < -0.3 is 5.73 Å². The summed E-state index contributed by atoms with van der Waals surface area (Å²) in [5.74, 6) is 0.881. The van der Waals surface area contributed by atoms with Crippen LogP contribution in [-0.2, 0) is 17.1 Å². The Morgan fingerprint density at radius 1 is 1.67 bits per heavy atom. The standard InChI is InChI=1S/C6H14N2.Cu/c1-3-5(2)4-6(7)8;/h5H,3-4H2,1-2H3,(H3,7,8);/q;+1. The average Bonchev–Trinajstić information content (AvgIpc) is 1.65. The van der Waals surface area contributed by atoms with Crippen molar-refractivity contribution in [1.82, 2.24) is 0 Å². The number of hydrogen-bond acceptors (Lipinski definition) is 1. The molecule has 0 aromatic heterocycles. The van der Waals surface area contributed by atoms with E-state index in [0.29, 0.717) is 11.8 Å². The van der Waals surface area contributed by atoms with E-state index in [9.17, 15) is 0 Å². The van der Waals surface area contributed by atoms with E-state index >= 15 is 0 Å². The van der Waals surface area contributed by atoms with E-state index in [1.54, 1.807) is 0 Å². The second-order valence-corrected chi connectivity index (χ2v) is 2.24. The molecule has 0 heterocycles. The van der Waals surface area contributed by atoms with Gasteiger partial charge in [-0.05, 0) is 5.92 Å². The van der Waals surface area contributed by atoms with Gasteiger partial charge in [-0.1, -0.05) is 20.3 Å². The van der Waals surface area contributed by atoms with Gasteiger partial charge in [-0.15, -0.1) is 0 Å². The molecule has 0 radical (unpaired) electrons. The summed E-state index contributed by atoms with van der Waals surface area (Å²) in [6.07, 6.45) is 1.86. The van der Waals surface area contributed by atoms with Crippen LogP contribution in [0.3, 0.4) is 0 Å². The molecule has 3 N–H and O–H groups in total. The Morgan fingerprint density at radius 3 is 2.22 bits per heavy atom. The van der Waals surface area contributed by atoms with Crippen LogP contribution in [0.4, 0.5) is 0 Å². The van der Waals surface area contributed by atoms with E-state index in [-0.39, 0.29) is 17.1 Å². The van der Waals surface area contributed by atoms with Crippen LogP contribution in [0.15, 0.2) is 0 Å². The monoisotopic (exact) mass is 177 g/mol. The Hall–Kier alpha value is -0.0105. The van der Waals surface area contributed by atoms with Crippen molar-refractivity contribution < 1.29 is 17.1 Å². The number of nitrogens with two attached hydrogens (primary N) is 1. The quantitative estimate of drug-likeness (QED) is 0.382. The van der Waals surface area contributed by atoms with Crippen molar-refractivity contribution >= 4 is 5.84 Å². The Balaban J connectivity index is 0. The molecular formula is C6H14CuN2+. The SMILES string of the molecule is CCC(C)CC(=N)N.[Cu+]. The normalized spacial score (nSPS) is 11.8. The largest absolute Gasteiger partial charge is 1.00 e. The molecule has 0 aromatic carbocycles. The zero-order valence-electron chi connectivity index (χ0n) is 5.87. The van der Waals surface area contributed by atoms with Crippen LogP contribution in [0.2, 0.25) is 0 Å². The van der Waals surface area contributed by atoms with Crippen LogP contribution < -0.4 is 5.73 Å². The molecule has 0 aliphatic carbocycles. The third kappa shape index (κ3) is 7.99. The number of hydrogen-bond donors (Lipinski definition) is 2. The molecule has 0 spiro atoms. The molecule has 0 rings (SSSR count). The molecule has 0 bridgehead atoms. The zero-order valence-corrected chi connectivity index (χ0v) is 6.81. The Kier molecular flexibility index (Phi) is 7.98. The smallest absolute Gasteiger partial charge is 0.388 e. The van der Waals surface area contributed by atoms with Gasteiger partial charge in [0.1, 0.15) is 0 Å². The van der Waals surface area contributed by atoms with Crippen molar-refractivity contribution in [3.05, 3.63) is 0 Å². The van der Waals surface area contributed by atoms with Gasteiger partial charge in [0.2, 0.25) is 0 Å². The maximum absolute atomic E-state index is 6.91. The second-order valence-electron chi connectivity index (χ2n) is 2.24. The number of rotatable bonds is 3. The van der Waals surface area contributed by atoms with Crippen LogP contribution in [0.5, 0.6) is 0 Å². The molecule has 0 saturated heterocycles. The minimum absolute atomic E-state index is 0. The molecule has 3 heteroatoms. The van der Waals surface area contributed by atoms with E-state index in [1.165, 1.54) is 0 Å². The van der Waals surface area contributed by atoms with Crippen LogP contribution >= 0.6 is 0 Å². The number of amidine groups is 1. The predicted octanol–water partition coefficient (Wildman–Crippen LogP) is 1.36. The van der Waals surface area contributed by atoms with Crippen molar-refractivity contribution in [2.45, 2.75) is 26.7 Å². The van der Waals surface area contributed by atoms with E-state index in [2.05, 4.69) is 13.8 Å². The second kappa shape index (κ2) is 6.11. The summed E-state index contributed by atoms with van der Waals surface area (Å²) in [5.41, 5.74) is 5.15. The van der Waals surface area contributed by atoms with Crippen molar-refractivity contribution in [1.29, 1.82) is 5.41 Å². The number of nitrogens with one attached hydrogen (secondary N) is 1. The van der Waals surface area contributed by atoms with E-state index in [0.717, 1.165) is 12.8 Å². The Morgan fingerprint density at radius 2 is 2.11 bits per heavy atom. The van der Waals surface area contributed by atoms with Gasteiger partial charge in [0, 0.05) is 6.42 Å². The Labute approximate surface area is 67.2 Å². The molecule has 0 amide bonds. The van der Waals surface area contributed by atoms with Gasteiger partial charge in [-0.2, -0.15) is 0 Å². The maximum Gasteiger partial charge on any atom is 1.00 e. The summed E-state index contributed by atoms with van der Waals surface area (Å²) < 4.78 is 0. The molecule has 0 aliphatic rings. The summed E-state index contributed by atoms with van der Waals surface area (Å²) in [6, 6.07) is 0. The molecule has 0 saturated carbocycles. The van der Waals surface area contributed by atoms with E-state index in [4.69, 9.17) is 11.1 Å².